The number of unbranched alkanes of at least 4 members (excludes halogenated alkanes) is 16. The van der Waals surface area contributed by atoms with Crippen molar-refractivity contribution in [3.8, 4) is 0 Å². The normalized spacial score (nSPS) is 12.0. The van der Waals surface area contributed by atoms with Crippen LogP contribution in [0.4, 0.5) is 28.4 Å². The molecule has 0 fully saturated rings. The van der Waals surface area contributed by atoms with E-state index in [9.17, 15) is 25.0 Å². The molecule has 0 radical (unpaired) electrons. The zero-order chi connectivity index (χ0) is 34.1. The lowest BCUT2D eigenvalue weighted by atomic mass is 10.0. The number of anilines is 3. The van der Waals surface area contributed by atoms with Crippen LogP contribution in [0.15, 0.2) is 70.5 Å². The Morgan fingerprint density at radius 3 is 1.46 bits per heavy atom. The number of benzene rings is 3. The first-order valence-electron chi connectivity index (χ1n) is 17.8. The number of nitrogens with one attached hydrogen (secondary N) is 1. The van der Waals surface area contributed by atoms with E-state index in [1.807, 2.05) is 36.4 Å². The van der Waals surface area contributed by atoms with Crippen molar-refractivity contribution < 1.29 is 14.6 Å². The molecule has 3 aromatic carbocycles. The summed E-state index contributed by atoms with van der Waals surface area (Å²) < 4.78 is 0. The minimum Gasteiger partial charge on any atom is -0.374 e. The van der Waals surface area contributed by atoms with E-state index in [4.69, 9.17) is 0 Å². The van der Waals surface area contributed by atoms with Gasteiger partial charge in [0.25, 0.3) is 17.3 Å². The Bertz CT molecular complexity index is 1430. The number of amides is 1. The first kappa shape index (κ1) is 36.9. The second-order valence-corrected chi connectivity index (χ2v) is 13.7. The van der Waals surface area contributed by atoms with E-state index in [0.717, 1.165) is 47.6 Å². The van der Waals surface area contributed by atoms with E-state index in [1.54, 1.807) is 12.1 Å². The lowest BCUT2D eigenvalue weighted by molar-refractivity contribution is -0.392. The maximum atomic E-state index is 14.0. The maximum Gasteiger partial charge on any atom is 0.300 e. The summed E-state index contributed by atoms with van der Waals surface area (Å²) >= 11 is 1.52. The standard InChI is InChI=1S/C38H50N4O5S/c1-2-3-4-5-6-7-8-9-10-11-12-13-14-15-16-17-22-27-39-37-33(41(44)45)28-30(29-34(37)42(46)47)38(43)40-31-23-18-20-25-35(31)48-36-26-21-19-24-32(36)40/h18-21,23-26,28-29,39H,2-17,22,27H2,1H3. The van der Waals surface area contributed by atoms with Crippen molar-refractivity contribution in [2.45, 2.75) is 126 Å². The SMILES string of the molecule is CCCCCCCCCCCCCCCCCCCNc1c([N+](=O)[O-])cc(C(=O)N2c3ccccc3Sc3ccccc32)cc1[N+](=O)[O-]. The minimum atomic E-state index is -0.658. The third kappa shape index (κ3) is 10.5. The van der Waals surface area contributed by atoms with Crippen LogP contribution in [0.25, 0.3) is 0 Å². The number of hydrogen-bond acceptors (Lipinski definition) is 7. The van der Waals surface area contributed by atoms with Gasteiger partial charge in [0, 0.05) is 28.5 Å². The smallest absolute Gasteiger partial charge is 0.300 e. The number of nitrogens with zero attached hydrogens (tertiary/aromatic N) is 3. The van der Waals surface area contributed by atoms with Gasteiger partial charge in [0.1, 0.15) is 0 Å². The molecule has 0 spiro atoms. The summed E-state index contributed by atoms with van der Waals surface area (Å²) in [6, 6.07) is 17.1. The van der Waals surface area contributed by atoms with Crippen LogP contribution in [-0.4, -0.2) is 22.3 Å². The third-order valence-corrected chi connectivity index (χ3v) is 10.1. The van der Waals surface area contributed by atoms with Crippen LogP contribution in [0.5, 0.6) is 0 Å². The Labute approximate surface area is 289 Å². The van der Waals surface area contributed by atoms with Crippen molar-refractivity contribution in [1.82, 2.24) is 0 Å². The topological polar surface area (TPSA) is 119 Å². The second kappa shape index (κ2) is 19.8. The zero-order valence-electron chi connectivity index (χ0n) is 28.3. The van der Waals surface area contributed by atoms with Crippen molar-refractivity contribution in [1.29, 1.82) is 0 Å². The van der Waals surface area contributed by atoms with Gasteiger partial charge in [-0.1, -0.05) is 146 Å². The van der Waals surface area contributed by atoms with E-state index in [-0.39, 0.29) is 11.3 Å². The van der Waals surface area contributed by atoms with Gasteiger partial charge in [-0.3, -0.25) is 29.9 Å². The highest BCUT2D eigenvalue weighted by Crippen LogP contribution is 2.49. The predicted octanol–water partition coefficient (Wildman–Crippen LogP) is 12.0. The molecule has 3 aromatic rings. The summed E-state index contributed by atoms with van der Waals surface area (Å²) in [4.78, 5) is 40.1. The molecular formula is C38H50N4O5S. The van der Waals surface area contributed by atoms with Crippen molar-refractivity contribution in [2.75, 3.05) is 16.8 Å². The van der Waals surface area contributed by atoms with E-state index in [1.165, 1.54) is 100 Å². The molecule has 1 amide bonds. The Hall–Kier alpha value is -3.92. The van der Waals surface area contributed by atoms with Gasteiger partial charge in [-0.2, -0.15) is 0 Å². The minimum absolute atomic E-state index is 0.117. The number of nitro benzene ring substituents is 2. The molecule has 0 saturated heterocycles. The molecule has 0 aromatic heterocycles. The lowest BCUT2D eigenvalue weighted by Crippen LogP contribution is -2.28. The van der Waals surface area contributed by atoms with Crippen molar-refractivity contribution in [3.05, 3.63) is 86.5 Å². The van der Waals surface area contributed by atoms with Gasteiger partial charge >= 0.3 is 0 Å². The largest absolute Gasteiger partial charge is 0.374 e. The summed E-state index contributed by atoms with van der Waals surface area (Å²) in [6.45, 7) is 2.63. The molecule has 0 aliphatic carbocycles. The van der Waals surface area contributed by atoms with Crippen LogP contribution in [-0.2, 0) is 0 Å². The van der Waals surface area contributed by atoms with Crippen LogP contribution in [0.3, 0.4) is 0 Å². The fourth-order valence-corrected chi connectivity index (χ4v) is 7.38. The van der Waals surface area contributed by atoms with Gasteiger partial charge in [0.2, 0.25) is 0 Å². The number of para-hydroxylation sites is 2. The average molecular weight is 675 g/mol. The van der Waals surface area contributed by atoms with Gasteiger partial charge in [0.15, 0.2) is 5.69 Å². The quantitative estimate of drug-likeness (QED) is 0.0640. The second-order valence-electron chi connectivity index (χ2n) is 12.7. The van der Waals surface area contributed by atoms with E-state index < -0.39 is 27.1 Å². The molecule has 258 valence electrons. The van der Waals surface area contributed by atoms with Gasteiger partial charge in [-0.25, -0.2) is 0 Å². The van der Waals surface area contributed by atoms with Crippen molar-refractivity contribution in [3.63, 3.8) is 0 Å². The molecule has 1 aliphatic heterocycles. The molecule has 1 heterocycles. The number of carbonyl (C=O) groups is 1. The fourth-order valence-electron chi connectivity index (χ4n) is 6.32. The molecule has 1 aliphatic rings. The van der Waals surface area contributed by atoms with Crippen molar-refractivity contribution in [2.24, 2.45) is 0 Å². The van der Waals surface area contributed by atoms with Crippen LogP contribution in [0.2, 0.25) is 0 Å². The first-order valence-corrected chi connectivity index (χ1v) is 18.6. The summed E-state index contributed by atoms with van der Waals surface area (Å²) in [6.07, 6.45) is 21.3. The average Bonchev–Trinajstić information content (AvgIpc) is 3.09. The number of hydrogen-bond donors (Lipinski definition) is 1. The molecule has 0 saturated carbocycles. The van der Waals surface area contributed by atoms with Crippen LogP contribution < -0.4 is 10.2 Å². The first-order chi connectivity index (χ1) is 23.4. The summed E-state index contributed by atoms with van der Waals surface area (Å²) in [5, 5.41) is 27.3. The monoisotopic (exact) mass is 674 g/mol. The van der Waals surface area contributed by atoms with Gasteiger partial charge < -0.3 is 5.32 Å². The molecule has 10 heteroatoms. The third-order valence-electron chi connectivity index (χ3n) is 8.95. The molecule has 4 rings (SSSR count). The highest BCUT2D eigenvalue weighted by Gasteiger charge is 2.33. The summed E-state index contributed by atoms with van der Waals surface area (Å²) in [5.41, 5.74) is 0.0104. The number of fused-ring (bicyclic) bond motifs is 2. The lowest BCUT2D eigenvalue weighted by Gasteiger charge is -2.31. The molecule has 0 bridgehead atoms. The predicted molar refractivity (Wildman–Crippen MR) is 196 cm³/mol. The molecule has 0 atom stereocenters. The van der Waals surface area contributed by atoms with Gasteiger partial charge in [-0.05, 0) is 30.7 Å². The summed E-state index contributed by atoms with van der Waals surface area (Å²) in [7, 11) is 0. The number of rotatable bonds is 22. The molecule has 0 unspecified atom stereocenters. The highest BCUT2D eigenvalue weighted by molar-refractivity contribution is 7.99. The van der Waals surface area contributed by atoms with Crippen LogP contribution >= 0.6 is 11.8 Å². The molecule has 9 nitrogen and oxygen atoms in total. The van der Waals surface area contributed by atoms with E-state index in [0.29, 0.717) is 17.9 Å². The number of carbonyl (C=O) groups excluding carboxylic acids is 1. The Morgan fingerprint density at radius 1 is 0.646 bits per heavy atom. The Morgan fingerprint density at radius 2 is 1.04 bits per heavy atom. The van der Waals surface area contributed by atoms with E-state index in [2.05, 4.69) is 12.2 Å². The molecular weight excluding hydrogens is 625 g/mol. The highest BCUT2D eigenvalue weighted by atomic mass is 32.2. The zero-order valence-corrected chi connectivity index (χ0v) is 29.1. The summed E-state index contributed by atoms with van der Waals surface area (Å²) in [5.74, 6) is -0.568. The van der Waals surface area contributed by atoms with Gasteiger partial charge in [-0.15, -0.1) is 0 Å². The van der Waals surface area contributed by atoms with Crippen LogP contribution in [0.1, 0.15) is 126 Å². The van der Waals surface area contributed by atoms with Gasteiger partial charge in [0.05, 0.1) is 26.8 Å². The number of nitro groups is 2. The molecule has 48 heavy (non-hydrogen) atoms. The van der Waals surface area contributed by atoms with E-state index >= 15 is 0 Å². The maximum absolute atomic E-state index is 14.0. The fraction of sp³-hybridized carbons (Fsp3) is 0.500. The van der Waals surface area contributed by atoms with Crippen LogP contribution in [0, 0.1) is 20.2 Å². The molecule has 1 N–H and O–H groups in total. The van der Waals surface area contributed by atoms with Crippen molar-refractivity contribution >= 4 is 46.1 Å². The Kier molecular flexibility index (Phi) is 15.2. The Balaban J connectivity index is 1.25.